The van der Waals surface area contributed by atoms with Gasteiger partial charge in [0.1, 0.15) is 6.07 Å². The maximum Gasteiger partial charge on any atom is 0.416 e. The fourth-order valence-corrected chi connectivity index (χ4v) is 2.52. The molecule has 0 bridgehead atoms. The molecule has 0 radical (unpaired) electrons. The van der Waals surface area contributed by atoms with Gasteiger partial charge in [0.15, 0.2) is 6.10 Å². The fourth-order valence-electron chi connectivity index (χ4n) is 2.30. The lowest BCUT2D eigenvalue weighted by atomic mass is 10.1. The van der Waals surface area contributed by atoms with Gasteiger partial charge in [-0.15, -0.1) is 0 Å². The van der Waals surface area contributed by atoms with Gasteiger partial charge in [0.2, 0.25) is 5.91 Å². The third-order valence-corrected chi connectivity index (χ3v) is 3.62. The Hall–Kier alpha value is -1.78. The van der Waals surface area contributed by atoms with E-state index in [2.05, 4.69) is 0 Å². The van der Waals surface area contributed by atoms with Gasteiger partial charge in [-0.3, -0.25) is 4.79 Å². The lowest BCUT2D eigenvalue weighted by molar-refractivity contribution is -0.209. The van der Waals surface area contributed by atoms with Crippen LogP contribution in [0.15, 0.2) is 18.2 Å². The minimum atomic E-state index is -4.82. The van der Waals surface area contributed by atoms with Crippen LogP contribution in [0.2, 0.25) is 5.02 Å². The summed E-state index contributed by atoms with van der Waals surface area (Å²) in [6.45, 7) is 0. The molecular weight excluding hydrogens is 309 g/mol. The smallest absolute Gasteiger partial charge is 0.382 e. The zero-order chi connectivity index (χ0) is 15.8. The summed E-state index contributed by atoms with van der Waals surface area (Å²) in [5.41, 5.74) is 0.287. The zero-order valence-corrected chi connectivity index (χ0v) is 11.3. The highest BCUT2D eigenvalue weighted by atomic mass is 35.5. The van der Waals surface area contributed by atoms with Gasteiger partial charge in [0.25, 0.3) is 0 Å². The Morgan fingerprint density at radius 3 is 2.67 bits per heavy atom. The van der Waals surface area contributed by atoms with Crippen LogP contribution in [0.1, 0.15) is 18.4 Å². The molecular formula is C13H10ClF3N2O2. The van der Waals surface area contributed by atoms with Crippen molar-refractivity contribution in [2.24, 2.45) is 0 Å². The molecule has 1 unspecified atom stereocenters. The summed E-state index contributed by atoms with van der Waals surface area (Å²) in [5, 5.41) is 18.2. The molecule has 4 nitrogen and oxygen atoms in total. The molecule has 1 amide bonds. The number of anilines is 1. The van der Waals surface area contributed by atoms with Crippen LogP contribution in [0.5, 0.6) is 0 Å². The molecule has 112 valence electrons. The highest BCUT2D eigenvalue weighted by molar-refractivity contribution is 6.32. The summed E-state index contributed by atoms with van der Waals surface area (Å²) in [5.74, 6) is -0.524. The molecule has 0 aliphatic carbocycles. The number of hydrogen-bond acceptors (Lipinski definition) is 3. The third-order valence-electron chi connectivity index (χ3n) is 3.31. The minimum Gasteiger partial charge on any atom is -0.382 e. The van der Waals surface area contributed by atoms with Crippen molar-refractivity contribution in [2.45, 2.75) is 31.2 Å². The highest BCUT2D eigenvalue weighted by Gasteiger charge is 2.49. The van der Waals surface area contributed by atoms with Crippen molar-refractivity contribution in [1.29, 1.82) is 5.26 Å². The quantitative estimate of drug-likeness (QED) is 0.911. The number of aliphatic hydroxyl groups is 1. The van der Waals surface area contributed by atoms with Crippen molar-refractivity contribution in [1.82, 2.24) is 0 Å². The van der Waals surface area contributed by atoms with E-state index in [-0.39, 0.29) is 29.1 Å². The predicted octanol–water partition coefficient (Wildman–Crippen LogP) is 2.63. The maximum absolute atomic E-state index is 12.7. The third kappa shape index (κ3) is 2.96. The Kier molecular flexibility index (Phi) is 4.12. The summed E-state index contributed by atoms with van der Waals surface area (Å²) < 4.78 is 38.0. The topological polar surface area (TPSA) is 64.3 Å². The number of aliphatic hydroxyl groups excluding tert-OH is 1. The Morgan fingerprint density at radius 2 is 2.14 bits per heavy atom. The van der Waals surface area contributed by atoms with E-state index in [1.54, 1.807) is 0 Å². The fraction of sp³-hybridized carbons (Fsp3) is 0.385. The maximum atomic E-state index is 12.7. The van der Waals surface area contributed by atoms with E-state index in [0.717, 1.165) is 4.90 Å². The molecule has 0 spiro atoms. The highest BCUT2D eigenvalue weighted by Crippen LogP contribution is 2.35. The second-order valence-electron chi connectivity index (χ2n) is 4.63. The number of alkyl halides is 3. The van der Waals surface area contributed by atoms with E-state index in [9.17, 15) is 23.1 Å². The van der Waals surface area contributed by atoms with Crippen LogP contribution >= 0.6 is 11.6 Å². The van der Waals surface area contributed by atoms with Crippen molar-refractivity contribution < 1.29 is 23.1 Å². The van der Waals surface area contributed by atoms with E-state index in [0.29, 0.717) is 0 Å². The molecule has 1 heterocycles. The number of carbonyl (C=O) groups excluding carboxylic acids is 1. The standard InChI is InChI=1S/C13H10ClF3N2O2/c14-9-5-8(2-1-7(9)6-18)19-10(3-4-11(19)20)12(21)13(15,16)17/h1-2,5,10,12,21H,3-4H2/t10-,12?/m1/s1. The van der Waals surface area contributed by atoms with Crippen LogP contribution < -0.4 is 4.90 Å². The van der Waals surface area contributed by atoms with E-state index in [1.165, 1.54) is 18.2 Å². The zero-order valence-electron chi connectivity index (χ0n) is 10.6. The summed E-state index contributed by atoms with van der Waals surface area (Å²) in [6.07, 6.45) is -7.63. The number of benzene rings is 1. The van der Waals surface area contributed by atoms with Crippen LogP contribution in [-0.4, -0.2) is 29.3 Å². The molecule has 21 heavy (non-hydrogen) atoms. The van der Waals surface area contributed by atoms with Gasteiger partial charge in [-0.2, -0.15) is 18.4 Å². The van der Waals surface area contributed by atoms with Gasteiger partial charge in [-0.1, -0.05) is 11.6 Å². The van der Waals surface area contributed by atoms with Crippen LogP contribution in [0, 0.1) is 11.3 Å². The molecule has 1 saturated heterocycles. The van der Waals surface area contributed by atoms with Crippen molar-refractivity contribution in [3.05, 3.63) is 28.8 Å². The molecule has 0 saturated carbocycles. The predicted molar refractivity (Wildman–Crippen MR) is 68.7 cm³/mol. The first kappa shape index (κ1) is 15.6. The van der Waals surface area contributed by atoms with Gasteiger partial charge < -0.3 is 10.0 Å². The van der Waals surface area contributed by atoms with Crippen LogP contribution in [0.25, 0.3) is 0 Å². The Morgan fingerprint density at radius 1 is 1.48 bits per heavy atom. The second kappa shape index (κ2) is 5.54. The average Bonchev–Trinajstić information content (AvgIpc) is 2.78. The molecule has 1 aliphatic rings. The summed E-state index contributed by atoms with van der Waals surface area (Å²) in [7, 11) is 0. The first-order chi connectivity index (χ1) is 9.75. The van der Waals surface area contributed by atoms with Crippen molar-refractivity contribution in [3.63, 3.8) is 0 Å². The molecule has 1 N–H and O–H groups in total. The van der Waals surface area contributed by atoms with E-state index in [1.807, 2.05) is 6.07 Å². The van der Waals surface area contributed by atoms with Gasteiger partial charge in [0, 0.05) is 12.1 Å². The Balaban J connectivity index is 2.38. The summed E-state index contributed by atoms with van der Waals surface area (Å²) >= 11 is 5.83. The number of halogens is 4. The molecule has 1 aliphatic heterocycles. The number of amides is 1. The van der Waals surface area contributed by atoms with Crippen molar-refractivity contribution >= 4 is 23.2 Å². The number of carbonyl (C=O) groups is 1. The van der Waals surface area contributed by atoms with Gasteiger partial charge in [-0.05, 0) is 24.6 Å². The molecule has 1 aromatic rings. The normalized spacial score (nSPS) is 20.5. The minimum absolute atomic E-state index is 0.0370. The largest absolute Gasteiger partial charge is 0.416 e. The Labute approximate surface area is 123 Å². The molecule has 1 fully saturated rings. The van der Waals surface area contributed by atoms with Crippen molar-refractivity contribution in [2.75, 3.05) is 4.90 Å². The van der Waals surface area contributed by atoms with E-state index in [4.69, 9.17) is 16.9 Å². The first-order valence-corrected chi connectivity index (χ1v) is 6.40. The van der Waals surface area contributed by atoms with Crippen LogP contribution in [0.3, 0.4) is 0 Å². The lowest BCUT2D eigenvalue weighted by Crippen LogP contribution is -2.48. The number of rotatable bonds is 2. The summed E-state index contributed by atoms with van der Waals surface area (Å²) in [6, 6.07) is 4.34. The molecule has 8 heteroatoms. The van der Waals surface area contributed by atoms with E-state index < -0.39 is 24.2 Å². The SMILES string of the molecule is N#Cc1ccc(N2C(=O)CC[C@@H]2C(O)C(F)(F)F)cc1Cl. The second-order valence-corrected chi connectivity index (χ2v) is 5.04. The lowest BCUT2D eigenvalue weighted by Gasteiger charge is -2.30. The average molecular weight is 319 g/mol. The number of hydrogen-bond donors (Lipinski definition) is 1. The van der Waals surface area contributed by atoms with Crippen molar-refractivity contribution in [3.8, 4) is 6.07 Å². The molecule has 2 rings (SSSR count). The van der Waals surface area contributed by atoms with Crippen LogP contribution in [-0.2, 0) is 4.79 Å². The molecule has 1 aromatic carbocycles. The molecule has 0 aromatic heterocycles. The van der Waals surface area contributed by atoms with Gasteiger partial charge in [-0.25, -0.2) is 0 Å². The van der Waals surface area contributed by atoms with Gasteiger partial charge >= 0.3 is 6.18 Å². The monoisotopic (exact) mass is 318 g/mol. The number of nitriles is 1. The first-order valence-electron chi connectivity index (χ1n) is 6.02. The van der Waals surface area contributed by atoms with Gasteiger partial charge in [0.05, 0.1) is 16.6 Å². The molecule has 2 atom stereocenters. The number of nitrogens with zero attached hydrogens (tertiary/aromatic N) is 2. The van der Waals surface area contributed by atoms with Crippen LogP contribution in [0.4, 0.5) is 18.9 Å². The summed E-state index contributed by atoms with van der Waals surface area (Å²) in [4.78, 5) is 12.7. The van der Waals surface area contributed by atoms with E-state index >= 15 is 0 Å². The Bertz CT molecular complexity index is 612.